The molecular weight excluding hydrogens is 435 g/mol. The molecule has 0 aromatic heterocycles. The Balaban J connectivity index is 1.57. The number of ether oxygens (including phenoxy) is 1. The highest BCUT2D eigenvalue weighted by Crippen LogP contribution is 2.23. The average molecular weight is 457 g/mol. The molecule has 0 radical (unpaired) electrons. The monoisotopic (exact) mass is 456 g/mol. The van der Waals surface area contributed by atoms with Crippen molar-refractivity contribution in [2.24, 2.45) is 0 Å². The van der Waals surface area contributed by atoms with Crippen LogP contribution in [0.5, 0.6) is 5.75 Å². The van der Waals surface area contributed by atoms with E-state index in [1.54, 1.807) is 38.1 Å². The molecule has 1 heterocycles. The molecule has 30 heavy (non-hydrogen) atoms. The number of piperazine rings is 1. The van der Waals surface area contributed by atoms with Gasteiger partial charge in [-0.05, 0) is 56.3 Å². The van der Waals surface area contributed by atoms with Crippen LogP contribution in [0.2, 0.25) is 5.02 Å². The third-order valence-corrected chi connectivity index (χ3v) is 6.67. The first kappa shape index (κ1) is 22.5. The van der Waals surface area contributed by atoms with E-state index in [0.29, 0.717) is 10.8 Å². The van der Waals surface area contributed by atoms with Crippen molar-refractivity contribution in [2.75, 3.05) is 26.2 Å². The van der Waals surface area contributed by atoms with Gasteiger partial charge in [-0.3, -0.25) is 0 Å². The topological polar surface area (TPSA) is 76.2 Å². The molecule has 0 amide bonds. The van der Waals surface area contributed by atoms with Crippen molar-refractivity contribution in [2.45, 2.75) is 24.3 Å². The van der Waals surface area contributed by atoms with Gasteiger partial charge in [0.1, 0.15) is 11.6 Å². The number of carbonyl (C=O) groups is 1. The Morgan fingerprint density at radius 2 is 1.70 bits per heavy atom. The van der Waals surface area contributed by atoms with E-state index in [1.165, 1.54) is 27.6 Å². The Labute approximate surface area is 179 Å². The molecule has 0 saturated carbocycles. The van der Waals surface area contributed by atoms with E-state index in [1.807, 2.05) is 0 Å². The lowest BCUT2D eigenvalue weighted by Crippen LogP contribution is -2.51. The van der Waals surface area contributed by atoms with E-state index in [4.69, 9.17) is 21.2 Å². The van der Waals surface area contributed by atoms with Crippen LogP contribution in [-0.2, 0) is 19.7 Å². The van der Waals surface area contributed by atoms with Crippen LogP contribution in [0.15, 0.2) is 53.4 Å². The maximum atomic E-state index is 13.4. The SMILES string of the molecule is CC(C)(Oc1ccc(Cl)cc1)C(=O)ON1CCN(S(=O)(=O)c2cccc(F)c2)CC1. The lowest BCUT2D eigenvalue weighted by Gasteiger charge is -2.34. The lowest BCUT2D eigenvalue weighted by molar-refractivity contribution is -0.209. The summed E-state index contributed by atoms with van der Waals surface area (Å²) in [5.41, 5.74) is -1.27. The maximum absolute atomic E-state index is 13.4. The normalized spacial score (nSPS) is 16.3. The molecule has 0 unspecified atom stereocenters. The van der Waals surface area contributed by atoms with Gasteiger partial charge < -0.3 is 9.57 Å². The highest BCUT2D eigenvalue weighted by molar-refractivity contribution is 7.89. The molecule has 0 spiro atoms. The molecule has 1 aliphatic heterocycles. The summed E-state index contributed by atoms with van der Waals surface area (Å²) in [7, 11) is -3.82. The molecule has 0 bridgehead atoms. The highest BCUT2D eigenvalue weighted by Gasteiger charge is 2.36. The van der Waals surface area contributed by atoms with Crippen LogP contribution in [0.1, 0.15) is 13.8 Å². The molecule has 0 aliphatic carbocycles. The molecule has 1 fully saturated rings. The fourth-order valence-electron chi connectivity index (χ4n) is 2.84. The van der Waals surface area contributed by atoms with E-state index < -0.39 is 27.4 Å². The predicted molar refractivity (Wildman–Crippen MR) is 109 cm³/mol. The van der Waals surface area contributed by atoms with Crippen LogP contribution >= 0.6 is 11.6 Å². The van der Waals surface area contributed by atoms with Crippen molar-refractivity contribution >= 4 is 27.6 Å². The number of sulfonamides is 1. The second kappa shape index (κ2) is 8.89. The molecule has 10 heteroatoms. The van der Waals surface area contributed by atoms with Crippen molar-refractivity contribution in [1.82, 2.24) is 9.37 Å². The van der Waals surface area contributed by atoms with Gasteiger partial charge in [-0.2, -0.15) is 4.31 Å². The minimum atomic E-state index is -3.82. The number of carbonyl (C=O) groups excluding carboxylic acids is 1. The summed E-state index contributed by atoms with van der Waals surface area (Å²) in [6.07, 6.45) is 0. The molecule has 1 saturated heterocycles. The van der Waals surface area contributed by atoms with Gasteiger partial charge in [0, 0.05) is 31.2 Å². The smallest absolute Gasteiger partial charge is 0.368 e. The molecule has 7 nitrogen and oxygen atoms in total. The van der Waals surface area contributed by atoms with E-state index in [-0.39, 0.29) is 31.1 Å². The zero-order valence-electron chi connectivity index (χ0n) is 16.5. The number of benzene rings is 2. The third kappa shape index (κ3) is 5.28. The van der Waals surface area contributed by atoms with E-state index in [0.717, 1.165) is 6.07 Å². The Kier molecular flexibility index (Phi) is 6.66. The number of rotatable bonds is 6. The third-order valence-electron chi connectivity index (χ3n) is 4.52. The largest absolute Gasteiger partial charge is 0.476 e. The maximum Gasteiger partial charge on any atom is 0.368 e. The van der Waals surface area contributed by atoms with Gasteiger partial charge in [0.15, 0.2) is 0 Å². The molecular formula is C20H22ClFN2O5S. The molecule has 2 aromatic carbocycles. The minimum absolute atomic E-state index is 0.102. The molecule has 1 aliphatic rings. The number of nitrogens with zero attached hydrogens (tertiary/aromatic N) is 2. The van der Waals surface area contributed by atoms with Gasteiger partial charge in [-0.15, -0.1) is 5.06 Å². The van der Waals surface area contributed by atoms with E-state index in [9.17, 15) is 17.6 Å². The number of halogens is 2. The second-order valence-corrected chi connectivity index (χ2v) is 9.61. The van der Waals surface area contributed by atoms with Crippen LogP contribution in [-0.4, -0.2) is 55.5 Å². The number of hydrogen-bond donors (Lipinski definition) is 0. The fraction of sp³-hybridized carbons (Fsp3) is 0.350. The summed E-state index contributed by atoms with van der Waals surface area (Å²) in [5.74, 6) is -0.766. The zero-order valence-corrected chi connectivity index (χ0v) is 18.1. The summed E-state index contributed by atoms with van der Waals surface area (Å²) in [4.78, 5) is 17.8. The van der Waals surface area contributed by atoms with Gasteiger partial charge in [0.25, 0.3) is 0 Å². The van der Waals surface area contributed by atoms with Crippen LogP contribution in [0.4, 0.5) is 4.39 Å². The highest BCUT2D eigenvalue weighted by atomic mass is 35.5. The predicted octanol–water partition coefficient (Wildman–Crippen LogP) is 3.10. The fourth-order valence-corrected chi connectivity index (χ4v) is 4.42. The second-order valence-electron chi connectivity index (χ2n) is 7.24. The van der Waals surface area contributed by atoms with Crippen molar-refractivity contribution in [3.05, 3.63) is 59.4 Å². The molecule has 3 rings (SSSR count). The molecule has 162 valence electrons. The first-order chi connectivity index (χ1) is 14.1. The van der Waals surface area contributed by atoms with Gasteiger partial charge in [-0.25, -0.2) is 17.6 Å². The van der Waals surface area contributed by atoms with Gasteiger partial charge >= 0.3 is 5.97 Å². The lowest BCUT2D eigenvalue weighted by atomic mass is 10.1. The van der Waals surface area contributed by atoms with Crippen LogP contribution < -0.4 is 4.74 Å². The Bertz CT molecular complexity index is 1010. The average Bonchev–Trinajstić information content (AvgIpc) is 2.70. The van der Waals surface area contributed by atoms with Crippen molar-refractivity contribution in [1.29, 1.82) is 0 Å². The van der Waals surface area contributed by atoms with Crippen molar-refractivity contribution in [3.63, 3.8) is 0 Å². The van der Waals surface area contributed by atoms with Gasteiger partial charge in [-0.1, -0.05) is 17.7 Å². The van der Waals surface area contributed by atoms with Crippen molar-refractivity contribution in [3.8, 4) is 5.75 Å². The van der Waals surface area contributed by atoms with Crippen LogP contribution in [0, 0.1) is 5.82 Å². The summed E-state index contributed by atoms with van der Waals surface area (Å²) in [6.45, 7) is 3.72. The van der Waals surface area contributed by atoms with Crippen LogP contribution in [0.25, 0.3) is 0 Å². The van der Waals surface area contributed by atoms with E-state index >= 15 is 0 Å². The molecule has 2 aromatic rings. The summed E-state index contributed by atoms with van der Waals surface area (Å²) in [5, 5.41) is 1.95. The summed E-state index contributed by atoms with van der Waals surface area (Å²) >= 11 is 5.85. The number of hydrogen-bond acceptors (Lipinski definition) is 6. The zero-order chi connectivity index (χ0) is 21.9. The van der Waals surface area contributed by atoms with Crippen LogP contribution in [0.3, 0.4) is 0 Å². The first-order valence-corrected chi connectivity index (χ1v) is 11.1. The Morgan fingerprint density at radius 3 is 2.30 bits per heavy atom. The molecule has 0 atom stereocenters. The molecule has 0 N–H and O–H groups in total. The Morgan fingerprint density at radius 1 is 1.07 bits per heavy atom. The first-order valence-electron chi connectivity index (χ1n) is 9.25. The minimum Gasteiger partial charge on any atom is -0.476 e. The van der Waals surface area contributed by atoms with Crippen molar-refractivity contribution < 1.29 is 27.2 Å². The van der Waals surface area contributed by atoms with Gasteiger partial charge in [0.05, 0.1) is 4.90 Å². The van der Waals surface area contributed by atoms with Gasteiger partial charge in [0.2, 0.25) is 15.6 Å². The Hall–Kier alpha value is -2.20. The number of hydroxylamine groups is 2. The summed E-state index contributed by atoms with van der Waals surface area (Å²) in [6, 6.07) is 11.5. The quantitative estimate of drug-likeness (QED) is 0.664. The van der Waals surface area contributed by atoms with E-state index in [2.05, 4.69) is 0 Å². The summed E-state index contributed by atoms with van der Waals surface area (Å²) < 4.78 is 45.6. The standard InChI is InChI=1S/C20H22ClFN2O5S/c1-20(2,28-17-8-6-15(21)7-9-17)19(25)29-23-10-12-24(13-11-23)30(26,27)18-5-3-4-16(22)14-18/h3-9,14H,10-13H2,1-2H3.